The van der Waals surface area contributed by atoms with Crippen LogP contribution >= 0.6 is 0 Å². The largest absolute Gasteiger partial charge is 0.493 e. The van der Waals surface area contributed by atoms with Gasteiger partial charge in [0.1, 0.15) is 5.75 Å². The second kappa shape index (κ2) is 7.58. The summed E-state index contributed by atoms with van der Waals surface area (Å²) in [5.41, 5.74) is 3.98. The highest BCUT2D eigenvalue weighted by molar-refractivity contribution is 5.85. The lowest BCUT2D eigenvalue weighted by Crippen LogP contribution is -2.30. The molecule has 1 aromatic heterocycles. The average molecular weight is 332 g/mol. The van der Waals surface area contributed by atoms with Crippen molar-refractivity contribution in [1.29, 1.82) is 0 Å². The smallest absolute Gasteiger partial charge is 0.128 e. The molecule has 0 aliphatic carbocycles. The predicted molar refractivity (Wildman–Crippen MR) is 104 cm³/mol. The standard InChI is InChI=1S/C22H24N2O/c1-2-6-18(7-3-1)19-11-15-24(16-12-19)14-5-17-25-22-9-4-8-21-20(22)10-13-23-21/h1-4,6-11,13,23H,5,12,14-17H2. The number of nitrogens with zero attached hydrogens (tertiary/aromatic N) is 1. The van der Waals surface area contributed by atoms with Crippen molar-refractivity contribution in [2.75, 3.05) is 26.2 Å². The molecular formula is C22H24N2O. The van der Waals surface area contributed by atoms with Gasteiger partial charge in [-0.15, -0.1) is 0 Å². The number of fused-ring (bicyclic) bond motifs is 1. The lowest BCUT2D eigenvalue weighted by molar-refractivity contribution is 0.250. The van der Waals surface area contributed by atoms with E-state index in [9.17, 15) is 0 Å². The van der Waals surface area contributed by atoms with E-state index in [1.165, 1.54) is 11.1 Å². The molecule has 1 N–H and O–H groups in total. The molecule has 0 saturated heterocycles. The summed E-state index contributed by atoms with van der Waals surface area (Å²) >= 11 is 0. The molecule has 0 radical (unpaired) electrons. The Morgan fingerprint density at radius 1 is 1.00 bits per heavy atom. The van der Waals surface area contributed by atoms with Gasteiger partial charge in [-0.3, -0.25) is 4.90 Å². The fourth-order valence-electron chi connectivity index (χ4n) is 3.48. The number of rotatable bonds is 6. The summed E-state index contributed by atoms with van der Waals surface area (Å²) in [4.78, 5) is 5.73. The summed E-state index contributed by atoms with van der Waals surface area (Å²) in [5, 5.41) is 1.16. The highest BCUT2D eigenvalue weighted by atomic mass is 16.5. The van der Waals surface area contributed by atoms with Gasteiger partial charge in [0, 0.05) is 36.7 Å². The highest BCUT2D eigenvalue weighted by Crippen LogP contribution is 2.25. The lowest BCUT2D eigenvalue weighted by Gasteiger charge is -2.26. The van der Waals surface area contributed by atoms with Crippen molar-refractivity contribution < 1.29 is 4.74 Å². The summed E-state index contributed by atoms with van der Waals surface area (Å²) in [6.07, 6.45) is 6.52. The Bertz CT molecular complexity index is 851. The van der Waals surface area contributed by atoms with Gasteiger partial charge in [-0.1, -0.05) is 42.5 Å². The van der Waals surface area contributed by atoms with Gasteiger partial charge in [0.2, 0.25) is 0 Å². The molecule has 0 fully saturated rings. The number of H-pyrrole nitrogens is 1. The zero-order valence-electron chi connectivity index (χ0n) is 14.4. The van der Waals surface area contributed by atoms with Gasteiger partial charge in [-0.05, 0) is 42.2 Å². The maximum Gasteiger partial charge on any atom is 0.128 e. The molecule has 1 aliphatic heterocycles. The lowest BCUT2D eigenvalue weighted by atomic mass is 9.99. The molecule has 0 spiro atoms. The van der Waals surface area contributed by atoms with Crippen LogP contribution in [0.4, 0.5) is 0 Å². The van der Waals surface area contributed by atoms with E-state index < -0.39 is 0 Å². The zero-order valence-corrected chi connectivity index (χ0v) is 14.4. The molecule has 3 aromatic rings. The maximum atomic E-state index is 6.00. The summed E-state index contributed by atoms with van der Waals surface area (Å²) < 4.78 is 6.00. The van der Waals surface area contributed by atoms with Crippen LogP contribution in [-0.2, 0) is 0 Å². The van der Waals surface area contributed by atoms with Gasteiger partial charge in [0.15, 0.2) is 0 Å². The molecule has 2 aromatic carbocycles. The second-order valence-corrected chi connectivity index (χ2v) is 6.54. The SMILES string of the molecule is C1=C(c2ccccc2)CCN(CCCOc2cccc3[nH]ccc23)C1. The van der Waals surface area contributed by atoms with Crippen molar-refractivity contribution in [1.82, 2.24) is 9.88 Å². The van der Waals surface area contributed by atoms with Crippen molar-refractivity contribution in [2.24, 2.45) is 0 Å². The third-order valence-corrected chi connectivity index (χ3v) is 4.87. The molecule has 1 aliphatic rings. The van der Waals surface area contributed by atoms with Gasteiger partial charge in [-0.25, -0.2) is 0 Å². The normalized spacial score (nSPS) is 15.3. The maximum absolute atomic E-state index is 6.00. The van der Waals surface area contributed by atoms with Crippen molar-refractivity contribution in [3.8, 4) is 5.75 Å². The number of ether oxygens (including phenoxy) is 1. The monoisotopic (exact) mass is 332 g/mol. The Kier molecular flexibility index (Phi) is 4.84. The highest BCUT2D eigenvalue weighted by Gasteiger charge is 2.12. The van der Waals surface area contributed by atoms with E-state index in [4.69, 9.17) is 4.74 Å². The van der Waals surface area contributed by atoms with Crippen molar-refractivity contribution in [2.45, 2.75) is 12.8 Å². The van der Waals surface area contributed by atoms with E-state index in [0.717, 1.165) is 55.7 Å². The fourth-order valence-corrected chi connectivity index (χ4v) is 3.48. The van der Waals surface area contributed by atoms with Crippen LogP contribution in [0.25, 0.3) is 16.5 Å². The molecule has 3 nitrogen and oxygen atoms in total. The molecule has 0 unspecified atom stereocenters. The first-order valence-electron chi connectivity index (χ1n) is 9.06. The number of hydrogen-bond acceptors (Lipinski definition) is 2. The molecule has 3 heteroatoms. The van der Waals surface area contributed by atoms with Gasteiger partial charge in [-0.2, -0.15) is 0 Å². The Balaban J connectivity index is 1.25. The van der Waals surface area contributed by atoms with Gasteiger partial charge >= 0.3 is 0 Å². The minimum atomic E-state index is 0.760. The molecule has 128 valence electrons. The van der Waals surface area contributed by atoms with Crippen LogP contribution in [0.2, 0.25) is 0 Å². The Morgan fingerprint density at radius 2 is 1.92 bits per heavy atom. The van der Waals surface area contributed by atoms with E-state index in [-0.39, 0.29) is 0 Å². The first kappa shape index (κ1) is 16.0. The summed E-state index contributed by atoms with van der Waals surface area (Å²) in [6, 6.07) is 19.0. The fraction of sp³-hybridized carbons (Fsp3) is 0.273. The molecule has 0 atom stereocenters. The quantitative estimate of drug-likeness (QED) is 0.661. The molecule has 0 bridgehead atoms. The third-order valence-electron chi connectivity index (χ3n) is 4.87. The van der Waals surface area contributed by atoms with E-state index in [1.807, 2.05) is 18.3 Å². The second-order valence-electron chi connectivity index (χ2n) is 6.54. The van der Waals surface area contributed by atoms with Crippen molar-refractivity contribution in [3.63, 3.8) is 0 Å². The molecule has 2 heterocycles. The molecule has 0 saturated carbocycles. The van der Waals surface area contributed by atoms with E-state index in [2.05, 4.69) is 58.4 Å². The van der Waals surface area contributed by atoms with Crippen LogP contribution in [0.1, 0.15) is 18.4 Å². The number of benzene rings is 2. The molecule has 25 heavy (non-hydrogen) atoms. The summed E-state index contributed by atoms with van der Waals surface area (Å²) in [7, 11) is 0. The van der Waals surface area contributed by atoms with Crippen molar-refractivity contribution in [3.05, 3.63) is 72.4 Å². The molecule has 4 rings (SSSR count). The Labute approximate surface area is 148 Å². The Morgan fingerprint density at radius 3 is 2.76 bits per heavy atom. The third kappa shape index (κ3) is 3.77. The topological polar surface area (TPSA) is 28.3 Å². The Hall–Kier alpha value is -2.52. The van der Waals surface area contributed by atoms with Crippen LogP contribution in [-0.4, -0.2) is 36.1 Å². The zero-order chi connectivity index (χ0) is 16.9. The minimum absolute atomic E-state index is 0.760. The minimum Gasteiger partial charge on any atom is -0.493 e. The summed E-state index contributed by atoms with van der Waals surface area (Å²) in [6.45, 7) is 4.02. The van der Waals surface area contributed by atoms with E-state index in [0.29, 0.717) is 0 Å². The van der Waals surface area contributed by atoms with Gasteiger partial charge in [0.25, 0.3) is 0 Å². The number of aromatic amines is 1. The van der Waals surface area contributed by atoms with Gasteiger partial charge in [0.05, 0.1) is 6.61 Å². The molecule has 0 amide bonds. The van der Waals surface area contributed by atoms with E-state index >= 15 is 0 Å². The van der Waals surface area contributed by atoms with Gasteiger partial charge < -0.3 is 9.72 Å². The van der Waals surface area contributed by atoms with Crippen LogP contribution < -0.4 is 4.74 Å². The van der Waals surface area contributed by atoms with Crippen LogP contribution in [0.3, 0.4) is 0 Å². The van der Waals surface area contributed by atoms with Crippen LogP contribution in [0, 0.1) is 0 Å². The summed E-state index contributed by atoms with van der Waals surface area (Å²) in [5.74, 6) is 0.976. The number of nitrogens with one attached hydrogen (secondary N) is 1. The first-order valence-corrected chi connectivity index (χ1v) is 9.06. The molecular weight excluding hydrogens is 308 g/mol. The van der Waals surface area contributed by atoms with Crippen LogP contribution in [0.15, 0.2) is 66.9 Å². The van der Waals surface area contributed by atoms with E-state index in [1.54, 1.807) is 0 Å². The van der Waals surface area contributed by atoms with Crippen LogP contribution in [0.5, 0.6) is 5.75 Å². The van der Waals surface area contributed by atoms with Crippen molar-refractivity contribution >= 4 is 16.5 Å². The number of hydrogen-bond donors (Lipinski definition) is 1. The number of aromatic nitrogens is 1. The first-order chi connectivity index (χ1) is 12.4. The predicted octanol–water partition coefficient (Wildman–Crippen LogP) is 4.73. The average Bonchev–Trinajstić information content (AvgIpc) is 3.16.